The van der Waals surface area contributed by atoms with Gasteiger partial charge >= 0.3 is 0 Å². The maximum Gasteiger partial charge on any atom is 0.151 e. The summed E-state index contributed by atoms with van der Waals surface area (Å²) >= 11 is 5.63. The number of aromatic hydroxyl groups is 1. The van der Waals surface area contributed by atoms with E-state index in [1.807, 2.05) is 20.8 Å². The molecule has 0 heterocycles. The zero-order chi connectivity index (χ0) is 14.7. The van der Waals surface area contributed by atoms with Crippen molar-refractivity contribution in [3.8, 4) is 5.75 Å². The zero-order valence-corrected chi connectivity index (χ0v) is 12.7. The third kappa shape index (κ3) is 6.84. The Balaban J connectivity index is 0. The van der Waals surface area contributed by atoms with Crippen LogP contribution in [0.4, 0.5) is 0 Å². The Morgan fingerprint density at radius 3 is 2.33 bits per heavy atom. The molecule has 6 heteroatoms. The van der Waals surface area contributed by atoms with E-state index in [1.165, 1.54) is 19.2 Å². The molecule has 3 nitrogen and oxygen atoms in total. The summed E-state index contributed by atoms with van der Waals surface area (Å²) < 4.78 is 13.7. The minimum absolute atomic E-state index is 0.0959. The van der Waals surface area contributed by atoms with Gasteiger partial charge in [-0.2, -0.15) is 0 Å². The molecule has 1 unspecified atom stereocenters. The maximum atomic E-state index is 11.3. The number of allylic oxidation sites excluding steroid dienone is 1. The van der Waals surface area contributed by atoms with Gasteiger partial charge in [-0.05, 0) is 26.1 Å². The van der Waals surface area contributed by atoms with Crippen molar-refractivity contribution in [3.05, 3.63) is 29.8 Å². The number of phenolic OH excluding ortho intramolecular Hbond substituents is 1. The molecular weight excluding hydrogens is 268 g/mol. The first kappa shape index (κ1) is 19.6. The summed E-state index contributed by atoms with van der Waals surface area (Å²) in [5.74, 6) is -0.205. The van der Waals surface area contributed by atoms with Crippen LogP contribution in [0.3, 0.4) is 0 Å². The predicted molar refractivity (Wildman–Crippen MR) is 81.2 cm³/mol. The average molecular weight is 288 g/mol. The summed E-state index contributed by atoms with van der Waals surface area (Å²) in [5.41, 5.74) is 0.362. The molecule has 0 spiro atoms. The summed E-state index contributed by atoms with van der Waals surface area (Å²) in [6.07, 6.45) is 1.75. The Kier molecular flexibility index (Phi) is 12.3. The third-order valence-corrected chi connectivity index (χ3v) is 2.81. The van der Waals surface area contributed by atoms with E-state index in [9.17, 15) is 9.32 Å². The SMILES string of the molecule is C=CC.CC.[B]c1cc(Cl)c(O)c(S(=O)NC)c1. The van der Waals surface area contributed by atoms with Crippen LogP contribution in [0.5, 0.6) is 5.75 Å². The Labute approximate surface area is 118 Å². The van der Waals surface area contributed by atoms with Gasteiger partial charge in [-0.1, -0.05) is 37.0 Å². The molecule has 0 saturated carbocycles. The number of phenols is 1. The molecule has 2 radical (unpaired) electrons. The van der Waals surface area contributed by atoms with E-state index in [0.717, 1.165) is 0 Å². The van der Waals surface area contributed by atoms with Crippen LogP contribution in [-0.4, -0.2) is 24.2 Å². The fraction of sp³-hybridized carbons (Fsp3) is 0.333. The van der Waals surface area contributed by atoms with E-state index in [0.29, 0.717) is 5.46 Å². The van der Waals surface area contributed by atoms with E-state index < -0.39 is 11.0 Å². The first-order valence-electron chi connectivity index (χ1n) is 5.42. The van der Waals surface area contributed by atoms with Crippen molar-refractivity contribution < 1.29 is 9.32 Å². The van der Waals surface area contributed by atoms with E-state index in [2.05, 4.69) is 11.3 Å². The predicted octanol–water partition coefficient (Wildman–Crippen LogP) is 2.30. The number of hydrogen-bond donors (Lipinski definition) is 2. The van der Waals surface area contributed by atoms with Gasteiger partial charge in [0.15, 0.2) is 5.75 Å². The van der Waals surface area contributed by atoms with Crippen LogP contribution in [-0.2, 0) is 11.0 Å². The van der Waals surface area contributed by atoms with Gasteiger partial charge in [0.05, 0.1) is 9.92 Å². The zero-order valence-electron chi connectivity index (χ0n) is 11.2. The second-order valence-corrected chi connectivity index (χ2v) is 4.52. The molecule has 100 valence electrons. The second kappa shape index (κ2) is 11.3. The lowest BCUT2D eigenvalue weighted by Gasteiger charge is -2.06. The highest BCUT2D eigenvalue weighted by Gasteiger charge is 2.11. The fourth-order valence-corrected chi connectivity index (χ4v) is 1.88. The molecule has 0 aliphatic heterocycles. The van der Waals surface area contributed by atoms with E-state index in [1.54, 1.807) is 6.08 Å². The number of nitrogens with one attached hydrogen (secondary N) is 1. The molecule has 1 rings (SSSR count). The van der Waals surface area contributed by atoms with Gasteiger partial charge in [-0.25, -0.2) is 8.93 Å². The lowest BCUT2D eigenvalue weighted by molar-refractivity contribution is 0.461. The highest BCUT2D eigenvalue weighted by atomic mass is 35.5. The van der Waals surface area contributed by atoms with Crippen LogP contribution in [0.15, 0.2) is 29.7 Å². The van der Waals surface area contributed by atoms with Crippen LogP contribution in [0.2, 0.25) is 5.02 Å². The van der Waals surface area contributed by atoms with E-state index in [-0.39, 0.29) is 15.7 Å². The summed E-state index contributed by atoms with van der Waals surface area (Å²) in [4.78, 5) is 0.188. The van der Waals surface area contributed by atoms with Gasteiger partial charge in [0.25, 0.3) is 0 Å². The van der Waals surface area contributed by atoms with Crippen LogP contribution in [0.25, 0.3) is 0 Å². The molecule has 2 N–H and O–H groups in total. The normalized spacial score (nSPS) is 10.3. The largest absolute Gasteiger partial charge is 0.505 e. The number of hydrogen-bond acceptors (Lipinski definition) is 2. The third-order valence-electron chi connectivity index (χ3n) is 1.44. The molecule has 0 aromatic heterocycles. The smallest absolute Gasteiger partial charge is 0.151 e. The van der Waals surface area contributed by atoms with Gasteiger partial charge in [0.1, 0.15) is 18.8 Å². The monoisotopic (exact) mass is 287 g/mol. The maximum absolute atomic E-state index is 11.3. The number of benzene rings is 1. The molecular formula is C12H19BClNO2S. The standard InChI is InChI=1S/C7H7BClNO2S.C3H6.C2H6/c1-10-13(12)6-3-4(8)2-5(9)7(6)11;1-3-2;1-2/h2-3,10-11H,1H3;3H,1H2,2H3;1-2H3. The molecule has 0 amide bonds. The molecule has 0 bridgehead atoms. The Hall–Kier alpha value is -0.775. The average Bonchev–Trinajstić information content (AvgIpc) is 2.36. The van der Waals surface area contributed by atoms with Crippen molar-refractivity contribution in [2.45, 2.75) is 25.7 Å². The molecule has 0 fully saturated rings. The van der Waals surface area contributed by atoms with Crippen LogP contribution in [0.1, 0.15) is 20.8 Å². The van der Waals surface area contributed by atoms with Gasteiger partial charge < -0.3 is 5.11 Å². The van der Waals surface area contributed by atoms with Crippen molar-refractivity contribution in [2.24, 2.45) is 0 Å². The van der Waals surface area contributed by atoms with Crippen LogP contribution in [0, 0.1) is 0 Å². The van der Waals surface area contributed by atoms with Gasteiger partial charge in [0, 0.05) is 0 Å². The van der Waals surface area contributed by atoms with E-state index in [4.69, 9.17) is 19.4 Å². The second-order valence-electron chi connectivity index (χ2n) is 2.73. The molecule has 1 aromatic rings. The van der Waals surface area contributed by atoms with Crippen molar-refractivity contribution in [2.75, 3.05) is 7.05 Å². The molecule has 1 aromatic carbocycles. The van der Waals surface area contributed by atoms with Crippen molar-refractivity contribution >= 4 is 35.9 Å². The first-order valence-corrected chi connectivity index (χ1v) is 6.94. The summed E-state index contributed by atoms with van der Waals surface area (Å²) in [7, 11) is 5.48. The fourth-order valence-electron chi connectivity index (χ4n) is 0.845. The highest BCUT2D eigenvalue weighted by Crippen LogP contribution is 2.27. The molecule has 18 heavy (non-hydrogen) atoms. The first-order chi connectivity index (χ1) is 8.47. The van der Waals surface area contributed by atoms with Crippen molar-refractivity contribution in [1.29, 1.82) is 0 Å². The molecule has 0 aliphatic carbocycles. The lowest BCUT2D eigenvalue weighted by atomic mass is 9.96. The number of rotatable bonds is 2. The minimum Gasteiger partial charge on any atom is -0.505 e. The lowest BCUT2D eigenvalue weighted by Crippen LogP contribution is -2.13. The summed E-state index contributed by atoms with van der Waals surface area (Å²) in [6, 6.07) is 2.81. The Bertz CT molecular complexity index is 400. The molecule has 0 aliphatic rings. The summed E-state index contributed by atoms with van der Waals surface area (Å²) in [6.45, 7) is 9.25. The van der Waals surface area contributed by atoms with E-state index >= 15 is 0 Å². The Morgan fingerprint density at radius 2 is 1.94 bits per heavy atom. The van der Waals surface area contributed by atoms with Gasteiger partial charge in [-0.3, -0.25) is 0 Å². The molecule has 0 saturated heterocycles. The van der Waals surface area contributed by atoms with Crippen molar-refractivity contribution in [3.63, 3.8) is 0 Å². The quantitative estimate of drug-likeness (QED) is 0.648. The van der Waals surface area contributed by atoms with Gasteiger partial charge in [-0.15, -0.1) is 6.58 Å². The topological polar surface area (TPSA) is 49.3 Å². The van der Waals surface area contributed by atoms with Crippen LogP contribution < -0.4 is 10.2 Å². The van der Waals surface area contributed by atoms with Crippen molar-refractivity contribution in [1.82, 2.24) is 4.72 Å². The number of halogens is 1. The minimum atomic E-state index is -1.49. The van der Waals surface area contributed by atoms with Crippen LogP contribution >= 0.6 is 11.6 Å². The highest BCUT2D eigenvalue weighted by molar-refractivity contribution is 7.83. The van der Waals surface area contributed by atoms with Gasteiger partial charge in [0.2, 0.25) is 0 Å². The molecule has 1 atom stereocenters. The summed E-state index contributed by atoms with van der Waals surface area (Å²) in [5, 5.41) is 9.50. The Morgan fingerprint density at radius 1 is 1.50 bits per heavy atom.